The number of fused-ring (bicyclic) bond motifs is 1. The maximum absolute atomic E-state index is 2.40. The SMILES string of the molecule is CCCCC=Cc1cccc2c1C=C(C(C)C)C2. The van der Waals surface area contributed by atoms with E-state index in [0.717, 1.165) is 6.42 Å². The zero-order valence-corrected chi connectivity index (χ0v) is 11.9. The molecule has 0 amide bonds. The Balaban J connectivity index is 2.19. The maximum atomic E-state index is 2.40. The lowest BCUT2D eigenvalue weighted by Gasteiger charge is -2.04. The molecule has 1 aromatic carbocycles. The molecule has 0 fully saturated rings. The first-order chi connectivity index (χ1) is 8.72. The van der Waals surface area contributed by atoms with E-state index < -0.39 is 0 Å². The largest absolute Gasteiger partial charge is 0.0839 e. The van der Waals surface area contributed by atoms with Crippen LogP contribution in [0.5, 0.6) is 0 Å². The second-order valence-electron chi connectivity index (χ2n) is 5.52. The molecule has 0 heteroatoms. The van der Waals surface area contributed by atoms with E-state index in [2.05, 4.69) is 57.2 Å². The summed E-state index contributed by atoms with van der Waals surface area (Å²) in [5, 5.41) is 0. The first kappa shape index (κ1) is 13.1. The molecular formula is C18H24. The highest BCUT2D eigenvalue weighted by Crippen LogP contribution is 2.32. The van der Waals surface area contributed by atoms with Gasteiger partial charge in [-0.05, 0) is 35.4 Å². The van der Waals surface area contributed by atoms with E-state index in [-0.39, 0.29) is 0 Å². The summed E-state index contributed by atoms with van der Waals surface area (Å²) in [7, 11) is 0. The number of hydrogen-bond acceptors (Lipinski definition) is 0. The minimum atomic E-state index is 0.661. The van der Waals surface area contributed by atoms with Crippen LogP contribution in [0.2, 0.25) is 0 Å². The average Bonchev–Trinajstić information content (AvgIpc) is 2.79. The molecule has 0 bridgehead atoms. The second kappa shape index (κ2) is 6.04. The van der Waals surface area contributed by atoms with Crippen molar-refractivity contribution >= 4 is 12.2 Å². The highest BCUT2D eigenvalue weighted by atomic mass is 14.2. The van der Waals surface area contributed by atoms with Gasteiger partial charge in [0.2, 0.25) is 0 Å². The molecule has 2 rings (SSSR count). The maximum Gasteiger partial charge on any atom is -0.00550 e. The summed E-state index contributed by atoms with van der Waals surface area (Å²) in [5.41, 5.74) is 5.91. The second-order valence-corrected chi connectivity index (χ2v) is 5.52. The Morgan fingerprint density at radius 3 is 2.83 bits per heavy atom. The minimum Gasteiger partial charge on any atom is -0.0839 e. The third-order valence-electron chi connectivity index (χ3n) is 3.72. The average molecular weight is 240 g/mol. The standard InChI is InChI=1S/C18H24/c1-4-5-6-7-9-15-10-8-11-16-12-17(14(2)3)13-18(15)16/h7-11,13-14H,4-6,12H2,1-3H3. The van der Waals surface area contributed by atoms with E-state index in [1.165, 1.54) is 36.0 Å². The smallest absolute Gasteiger partial charge is 0.00550 e. The molecule has 96 valence electrons. The first-order valence-corrected chi connectivity index (χ1v) is 7.21. The minimum absolute atomic E-state index is 0.661. The van der Waals surface area contributed by atoms with Crippen molar-refractivity contribution in [3.05, 3.63) is 46.5 Å². The topological polar surface area (TPSA) is 0 Å². The summed E-state index contributed by atoms with van der Waals surface area (Å²) in [6.07, 6.45) is 11.9. The molecule has 0 saturated heterocycles. The molecule has 1 aliphatic rings. The van der Waals surface area contributed by atoms with Crippen molar-refractivity contribution in [2.45, 2.75) is 46.5 Å². The highest BCUT2D eigenvalue weighted by Gasteiger charge is 2.16. The van der Waals surface area contributed by atoms with Crippen molar-refractivity contribution in [2.24, 2.45) is 5.92 Å². The summed E-state index contributed by atoms with van der Waals surface area (Å²) >= 11 is 0. The molecular weight excluding hydrogens is 216 g/mol. The lowest BCUT2D eigenvalue weighted by molar-refractivity contribution is 0.754. The molecule has 1 aliphatic carbocycles. The van der Waals surface area contributed by atoms with Crippen LogP contribution in [0.3, 0.4) is 0 Å². The van der Waals surface area contributed by atoms with Gasteiger partial charge >= 0.3 is 0 Å². The Morgan fingerprint density at radius 2 is 2.11 bits per heavy atom. The first-order valence-electron chi connectivity index (χ1n) is 7.21. The molecule has 0 atom stereocenters. The van der Waals surface area contributed by atoms with Crippen molar-refractivity contribution < 1.29 is 0 Å². The molecule has 1 aromatic rings. The Kier molecular flexibility index (Phi) is 4.41. The van der Waals surface area contributed by atoms with Gasteiger partial charge in [0.05, 0.1) is 0 Å². The van der Waals surface area contributed by atoms with Crippen LogP contribution in [0, 0.1) is 5.92 Å². The number of rotatable bonds is 5. The Labute approximate surface area is 111 Å². The molecule has 0 aliphatic heterocycles. The molecule has 0 heterocycles. The summed E-state index contributed by atoms with van der Waals surface area (Å²) in [5.74, 6) is 0.661. The fourth-order valence-electron chi connectivity index (χ4n) is 2.47. The fourth-order valence-corrected chi connectivity index (χ4v) is 2.47. The van der Waals surface area contributed by atoms with Gasteiger partial charge in [0, 0.05) is 0 Å². The van der Waals surface area contributed by atoms with E-state index in [9.17, 15) is 0 Å². The lowest BCUT2D eigenvalue weighted by atomic mass is 10.0. The van der Waals surface area contributed by atoms with Crippen molar-refractivity contribution in [1.29, 1.82) is 0 Å². The van der Waals surface area contributed by atoms with Gasteiger partial charge in [0.15, 0.2) is 0 Å². The van der Waals surface area contributed by atoms with E-state index >= 15 is 0 Å². The summed E-state index contributed by atoms with van der Waals surface area (Å²) in [6, 6.07) is 6.70. The van der Waals surface area contributed by atoms with Crippen LogP contribution in [0.4, 0.5) is 0 Å². The number of allylic oxidation sites excluding steroid dienone is 2. The Hall–Kier alpha value is -1.30. The molecule has 0 nitrogen and oxygen atoms in total. The zero-order chi connectivity index (χ0) is 13.0. The number of unbranched alkanes of at least 4 members (excludes halogenated alkanes) is 2. The van der Waals surface area contributed by atoms with E-state index in [1.54, 1.807) is 5.57 Å². The van der Waals surface area contributed by atoms with Crippen molar-refractivity contribution in [3.63, 3.8) is 0 Å². The van der Waals surface area contributed by atoms with Gasteiger partial charge in [0.1, 0.15) is 0 Å². The predicted molar refractivity (Wildman–Crippen MR) is 81.5 cm³/mol. The lowest BCUT2D eigenvalue weighted by Crippen LogP contribution is -1.92. The van der Waals surface area contributed by atoms with Crippen LogP contribution in [0.1, 0.15) is 56.7 Å². The van der Waals surface area contributed by atoms with Crippen LogP contribution < -0.4 is 0 Å². The van der Waals surface area contributed by atoms with Gasteiger partial charge in [-0.3, -0.25) is 0 Å². The third-order valence-corrected chi connectivity index (χ3v) is 3.72. The van der Waals surface area contributed by atoms with Crippen LogP contribution in [0.15, 0.2) is 29.8 Å². The normalized spacial score (nSPS) is 14.3. The summed E-state index contributed by atoms with van der Waals surface area (Å²) in [4.78, 5) is 0. The van der Waals surface area contributed by atoms with Crippen molar-refractivity contribution in [1.82, 2.24) is 0 Å². The zero-order valence-electron chi connectivity index (χ0n) is 11.9. The van der Waals surface area contributed by atoms with Crippen molar-refractivity contribution in [2.75, 3.05) is 0 Å². The van der Waals surface area contributed by atoms with Gasteiger partial charge < -0.3 is 0 Å². The van der Waals surface area contributed by atoms with Gasteiger partial charge in [-0.25, -0.2) is 0 Å². The molecule has 0 saturated carbocycles. The van der Waals surface area contributed by atoms with Crippen LogP contribution >= 0.6 is 0 Å². The molecule has 0 N–H and O–H groups in total. The van der Waals surface area contributed by atoms with E-state index in [1.807, 2.05) is 0 Å². The van der Waals surface area contributed by atoms with Gasteiger partial charge in [-0.1, -0.05) is 75.6 Å². The van der Waals surface area contributed by atoms with E-state index in [4.69, 9.17) is 0 Å². The highest BCUT2D eigenvalue weighted by molar-refractivity contribution is 5.73. The van der Waals surface area contributed by atoms with Gasteiger partial charge in [0.25, 0.3) is 0 Å². The van der Waals surface area contributed by atoms with Crippen LogP contribution in [-0.2, 0) is 6.42 Å². The molecule has 0 spiro atoms. The quantitative estimate of drug-likeness (QED) is 0.597. The number of benzene rings is 1. The van der Waals surface area contributed by atoms with Crippen LogP contribution in [0.25, 0.3) is 12.2 Å². The molecule has 0 unspecified atom stereocenters. The Bertz CT molecular complexity index is 461. The summed E-state index contributed by atoms with van der Waals surface area (Å²) < 4.78 is 0. The number of hydrogen-bond donors (Lipinski definition) is 0. The van der Waals surface area contributed by atoms with Gasteiger partial charge in [-0.15, -0.1) is 0 Å². The van der Waals surface area contributed by atoms with Crippen LogP contribution in [-0.4, -0.2) is 0 Å². The van der Waals surface area contributed by atoms with Gasteiger partial charge in [-0.2, -0.15) is 0 Å². The van der Waals surface area contributed by atoms with Crippen molar-refractivity contribution in [3.8, 4) is 0 Å². The Morgan fingerprint density at radius 1 is 1.28 bits per heavy atom. The molecule has 18 heavy (non-hydrogen) atoms. The third kappa shape index (κ3) is 2.93. The fraction of sp³-hybridized carbons (Fsp3) is 0.444. The molecule has 0 aromatic heterocycles. The summed E-state index contributed by atoms with van der Waals surface area (Å²) in [6.45, 7) is 6.81. The monoisotopic (exact) mass is 240 g/mol. The van der Waals surface area contributed by atoms with E-state index in [0.29, 0.717) is 5.92 Å². The molecule has 0 radical (unpaired) electrons. The predicted octanol–water partition coefficient (Wildman–Crippen LogP) is 5.49.